The fourth-order valence-corrected chi connectivity index (χ4v) is 2.71. The monoisotopic (exact) mass is 350 g/mol. The highest BCUT2D eigenvalue weighted by Gasteiger charge is 2.11. The van der Waals surface area contributed by atoms with Crippen LogP contribution in [0.2, 0.25) is 0 Å². The van der Waals surface area contributed by atoms with Crippen LogP contribution in [0.5, 0.6) is 5.75 Å². The van der Waals surface area contributed by atoms with Gasteiger partial charge < -0.3 is 9.84 Å². The average Bonchev–Trinajstić information content (AvgIpc) is 2.10. The summed E-state index contributed by atoms with van der Waals surface area (Å²) in [6.45, 7) is 3.87. The molecule has 0 bridgehead atoms. The van der Waals surface area contributed by atoms with E-state index in [2.05, 4.69) is 31.9 Å². The minimum absolute atomic E-state index is 0.000835. The number of rotatable bonds is 4. The number of benzene rings is 1. The third kappa shape index (κ3) is 3.79. The Morgan fingerprint density at radius 2 is 1.88 bits per heavy atom. The maximum Gasteiger partial charge on any atom is 0.307 e. The van der Waals surface area contributed by atoms with E-state index < -0.39 is 5.97 Å². The molecule has 0 radical (unpaired) electrons. The summed E-state index contributed by atoms with van der Waals surface area (Å²) in [5.41, 5.74) is 0.724. The van der Waals surface area contributed by atoms with Crippen molar-refractivity contribution in [2.24, 2.45) is 0 Å². The summed E-state index contributed by atoms with van der Waals surface area (Å²) in [6, 6.07) is 3.52. The molecule has 1 rings (SSSR count). The fraction of sp³-hybridized carbons (Fsp3) is 0.364. The molecular weight excluding hydrogens is 340 g/mol. The van der Waals surface area contributed by atoms with Gasteiger partial charge in [0.15, 0.2) is 0 Å². The van der Waals surface area contributed by atoms with Gasteiger partial charge in [0, 0.05) is 0 Å². The Kier molecular flexibility index (Phi) is 4.80. The number of hydrogen-bond donors (Lipinski definition) is 1. The van der Waals surface area contributed by atoms with Gasteiger partial charge in [0.2, 0.25) is 0 Å². The highest BCUT2D eigenvalue weighted by atomic mass is 79.9. The van der Waals surface area contributed by atoms with Crippen molar-refractivity contribution in [3.8, 4) is 5.75 Å². The van der Waals surface area contributed by atoms with Gasteiger partial charge in [0.05, 0.1) is 21.5 Å². The smallest absolute Gasteiger partial charge is 0.307 e. The molecule has 16 heavy (non-hydrogen) atoms. The van der Waals surface area contributed by atoms with Crippen molar-refractivity contribution < 1.29 is 14.6 Å². The first kappa shape index (κ1) is 13.5. The summed E-state index contributed by atoms with van der Waals surface area (Å²) < 4.78 is 7.11. The Balaban J connectivity index is 3.02. The molecule has 0 fully saturated rings. The lowest BCUT2D eigenvalue weighted by molar-refractivity contribution is -0.136. The van der Waals surface area contributed by atoms with Gasteiger partial charge in [-0.2, -0.15) is 0 Å². The van der Waals surface area contributed by atoms with E-state index in [1.807, 2.05) is 13.8 Å². The summed E-state index contributed by atoms with van der Waals surface area (Å²) in [6.07, 6.45) is 0.0667. The van der Waals surface area contributed by atoms with E-state index >= 15 is 0 Å². The molecule has 0 spiro atoms. The number of carbonyl (C=O) groups is 1. The molecule has 0 amide bonds. The van der Waals surface area contributed by atoms with E-state index in [1.54, 1.807) is 12.1 Å². The molecule has 0 saturated heterocycles. The van der Waals surface area contributed by atoms with Crippen molar-refractivity contribution in [1.82, 2.24) is 0 Å². The molecule has 0 aliphatic rings. The van der Waals surface area contributed by atoms with E-state index in [9.17, 15) is 4.79 Å². The van der Waals surface area contributed by atoms with Gasteiger partial charge in [-0.25, -0.2) is 0 Å². The second-order valence-electron chi connectivity index (χ2n) is 3.63. The fourth-order valence-electron chi connectivity index (χ4n) is 1.24. The maximum atomic E-state index is 10.6. The van der Waals surface area contributed by atoms with E-state index in [-0.39, 0.29) is 12.5 Å². The maximum absolute atomic E-state index is 10.6. The van der Waals surface area contributed by atoms with Gasteiger partial charge >= 0.3 is 5.97 Å². The largest absolute Gasteiger partial charge is 0.489 e. The standard InChI is InChI=1S/C11H12Br2O3/c1-6(2)16-11-8(12)3-7(4-9(11)13)5-10(14)15/h3-4,6H,5H2,1-2H3,(H,14,15). The molecule has 0 heterocycles. The molecule has 0 aromatic heterocycles. The van der Waals surface area contributed by atoms with Crippen molar-refractivity contribution in [3.05, 3.63) is 26.6 Å². The lowest BCUT2D eigenvalue weighted by Gasteiger charge is -2.14. The topological polar surface area (TPSA) is 46.5 Å². The van der Waals surface area contributed by atoms with Crippen LogP contribution in [0, 0.1) is 0 Å². The van der Waals surface area contributed by atoms with Gasteiger partial charge in [-0.3, -0.25) is 4.79 Å². The second kappa shape index (κ2) is 5.68. The van der Waals surface area contributed by atoms with E-state index in [0.29, 0.717) is 5.75 Å². The molecule has 3 nitrogen and oxygen atoms in total. The first-order chi connectivity index (χ1) is 7.40. The summed E-state index contributed by atoms with van der Waals surface area (Å²) in [7, 11) is 0. The SMILES string of the molecule is CC(C)Oc1c(Br)cc(CC(=O)O)cc1Br. The molecular formula is C11H12Br2O3. The Morgan fingerprint density at radius 1 is 1.38 bits per heavy atom. The Bertz CT molecular complexity index is 379. The normalized spacial score (nSPS) is 10.6. The molecule has 0 atom stereocenters. The van der Waals surface area contributed by atoms with Crippen LogP contribution in [0.4, 0.5) is 0 Å². The van der Waals surface area contributed by atoms with Crippen molar-refractivity contribution in [2.45, 2.75) is 26.4 Å². The van der Waals surface area contributed by atoms with Gasteiger partial charge in [0.25, 0.3) is 0 Å². The van der Waals surface area contributed by atoms with Crippen LogP contribution in [0.1, 0.15) is 19.4 Å². The van der Waals surface area contributed by atoms with Gasteiger partial charge in [-0.15, -0.1) is 0 Å². The van der Waals surface area contributed by atoms with Crippen LogP contribution < -0.4 is 4.74 Å². The number of halogens is 2. The van der Waals surface area contributed by atoms with Crippen LogP contribution >= 0.6 is 31.9 Å². The Hall–Kier alpha value is -0.550. The predicted molar refractivity (Wildman–Crippen MR) is 68.9 cm³/mol. The molecule has 5 heteroatoms. The summed E-state index contributed by atoms with van der Waals surface area (Å²) in [5, 5.41) is 8.70. The number of ether oxygens (including phenoxy) is 1. The zero-order valence-corrected chi connectivity index (χ0v) is 12.1. The molecule has 0 unspecified atom stereocenters. The van der Waals surface area contributed by atoms with Crippen molar-refractivity contribution in [1.29, 1.82) is 0 Å². The lowest BCUT2D eigenvalue weighted by atomic mass is 10.1. The van der Waals surface area contributed by atoms with Crippen LogP contribution in [0.3, 0.4) is 0 Å². The molecule has 1 aromatic carbocycles. The first-order valence-corrected chi connectivity index (χ1v) is 6.35. The minimum atomic E-state index is -0.851. The lowest BCUT2D eigenvalue weighted by Crippen LogP contribution is -2.07. The average molecular weight is 352 g/mol. The van der Waals surface area contributed by atoms with Crippen LogP contribution in [0.25, 0.3) is 0 Å². The van der Waals surface area contributed by atoms with Gasteiger partial charge in [-0.1, -0.05) is 0 Å². The molecule has 1 aromatic rings. The molecule has 0 saturated carbocycles. The van der Waals surface area contributed by atoms with E-state index in [4.69, 9.17) is 9.84 Å². The number of carboxylic acid groups (broad SMARTS) is 1. The van der Waals surface area contributed by atoms with E-state index in [0.717, 1.165) is 14.5 Å². The third-order valence-electron chi connectivity index (χ3n) is 1.77. The highest BCUT2D eigenvalue weighted by Crippen LogP contribution is 2.35. The molecule has 0 aliphatic heterocycles. The van der Waals surface area contributed by atoms with Crippen LogP contribution in [0.15, 0.2) is 21.1 Å². The molecule has 1 N–H and O–H groups in total. The van der Waals surface area contributed by atoms with Crippen molar-refractivity contribution >= 4 is 37.8 Å². The summed E-state index contributed by atoms with van der Waals surface area (Å²) in [5.74, 6) is -0.152. The highest BCUT2D eigenvalue weighted by molar-refractivity contribution is 9.11. The van der Waals surface area contributed by atoms with Gasteiger partial charge in [-0.05, 0) is 63.4 Å². The van der Waals surface area contributed by atoms with Crippen LogP contribution in [-0.4, -0.2) is 17.2 Å². The first-order valence-electron chi connectivity index (χ1n) is 4.76. The summed E-state index contributed by atoms with van der Waals surface area (Å²) in [4.78, 5) is 10.6. The zero-order chi connectivity index (χ0) is 12.3. The Morgan fingerprint density at radius 3 is 2.25 bits per heavy atom. The number of aliphatic carboxylic acids is 1. The molecule has 0 aliphatic carbocycles. The van der Waals surface area contributed by atoms with Crippen molar-refractivity contribution in [3.63, 3.8) is 0 Å². The summed E-state index contributed by atoms with van der Waals surface area (Å²) >= 11 is 6.74. The zero-order valence-electron chi connectivity index (χ0n) is 8.96. The number of hydrogen-bond acceptors (Lipinski definition) is 2. The van der Waals surface area contributed by atoms with Crippen molar-refractivity contribution in [2.75, 3.05) is 0 Å². The minimum Gasteiger partial charge on any atom is -0.489 e. The Labute approximate surface area is 111 Å². The van der Waals surface area contributed by atoms with E-state index in [1.165, 1.54) is 0 Å². The third-order valence-corrected chi connectivity index (χ3v) is 2.95. The van der Waals surface area contributed by atoms with Gasteiger partial charge in [0.1, 0.15) is 5.75 Å². The second-order valence-corrected chi connectivity index (χ2v) is 5.33. The van der Waals surface area contributed by atoms with Crippen LogP contribution in [-0.2, 0) is 11.2 Å². The quantitative estimate of drug-likeness (QED) is 0.901. The molecule has 88 valence electrons. The number of carboxylic acids is 1. The predicted octanol–water partition coefficient (Wildman–Crippen LogP) is 3.63.